The van der Waals surface area contributed by atoms with Crippen LogP contribution < -0.4 is 10.9 Å². The number of phenolic OH excluding ortho intramolecular Hbond substituents is 1. The van der Waals surface area contributed by atoms with Gasteiger partial charge in [-0.15, -0.1) is 0 Å². The van der Waals surface area contributed by atoms with Gasteiger partial charge in [0.2, 0.25) is 5.91 Å². The lowest BCUT2D eigenvalue weighted by Crippen LogP contribution is -2.44. The zero-order chi connectivity index (χ0) is 13.7. The minimum atomic E-state index is -0.385. The summed E-state index contributed by atoms with van der Waals surface area (Å²) in [7, 11) is 0. The zero-order valence-electron chi connectivity index (χ0n) is 10.7. The van der Waals surface area contributed by atoms with Gasteiger partial charge in [-0.3, -0.25) is 20.4 Å². The fourth-order valence-electron chi connectivity index (χ4n) is 2.27. The van der Waals surface area contributed by atoms with E-state index in [1.165, 1.54) is 30.7 Å². The molecule has 1 aliphatic carbocycles. The Balaban J connectivity index is 1.82. The summed E-state index contributed by atoms with van der Waals surface area (Å²) in [5, 5.41) is 9.13. The van der Waals surface area contributed by atoms with Crippen LogP contribution in [0.3, 0.4) is 0 Å². The molecule has 1 aliphatic rings. The van der Waals surface area contributed by atoms with Crippen molar-refractivity contribution < 1.29 is 14.7 Å². The minimum Gasteiger partial charge on any atom is -0.508 e. The van der Waals surface area contributed by atoms with Crippen molar-refractivity contribution in [2.45, 2.75) is 32.1 Å². The maximum atomic E-state index is 11.8. The van der Waals surface area contributed by atoms with Crippen molar-refractivity contribution in [3.63, 3.8) is 0 Å². The predicted molar refractivity (Wildman–Crippen MR) is 70.3 cm³/mol. The first-order chi connectivity index (χ1) is 9.16. The highest BCUT2D eigenvalue weighted by atomic mass is 16.3. The summed E-state index contributed by atoms with van der Waals surface area (Å²) < 4.78 is 0. The molecule has 0 atom stereocenters. The molecule has 102 valence electrons. The molecule has 1 aromatic rings. The van der Waals surface area contributed by atoms with Crippen LogP contribution in [0.1, 0.15) is 42.5 Å². The van der Waals surface area contributed by atoms with E-state index < -0.39 is 0 Å². The van der Waals surface area contributed by atoms with Crippen molar-refractivity contribution in [1.82, 2.24) is 10.9 Å². The van der Waals surface area contributed by atoms with Crippen LogP contribution in [0.25, 0.3) is 0 Å². The smallest absolute Gasteiger partial charge is 0.269 e. The van der Waals surface area contributed by atoms with Crippen molar-refractivity contribution in [2.24, 2.45) is 5.92 Å². The standard InChI is InChI=1S/C14H18N2O3/c17-12-8-6-11(7-9-12)14(19)16-15-13(18)10-4-2-1-3-5-10/h6-10,17H,1-5H2,(H,15,18)(H,16,19). The fraction of sp³-hybridized carbons (Fsp3) is 0.429. The van der Waals surface area contributed by atoms with Gasteiger partial charge in [0.25, 0.3) is 5.91 Å². The highest BCUT2D eigenvalue weighted by Crippen LogP contribution is 2.23. The molecule has 1 saturated carbocycles. The molecule has 2 rings (SSSR count). The van der Waals surface area contributed by atoms with Crippen molar-refractivity contribution in [1.29, 1.82) is 0 Å². The van der Waals surface area contributed by atoms with Crippen LogP contribution in [-0.2, 0) is 4.79 Å². The summed E-state index contributed by atoms with van der Waals surface area (Å²) in [6.07, 6.45) is 5.11. The van der Waals surface area contributed by atoms with Gasteiger partial charge in [0.1, 0.15) is 5.75 Å². The molecule has 0 aliphatic heterocycles. The number of aromatic hydroxyl groups is 1. The summed E-state index contributed by atoms with van der Waals surface area (Å²) in [5.74, 6) is -0.396. The van der Waals surface area contributed by atoms with E-state index >= 15 is 0 Å². The lowest BCUT2D eigenvalue weighted by atomic mass is 9.89. The topological polar surface area (TPSA) is 78.4 Å². The lowest BCUT2D eigenvalue weighted by Gasteiger charge is -2.20. The van der Waals surface area contributed by atoms with Gasteiger partial charge in [0, 0.05) is 11.5 Å². The van der Waals surface area contributed by atoms with E-state index in [4.69, 9.17) is 5.11 Å². The number of benzene rings is 1. The van der Waals surface area contributed by atoms with Gasteiger partial charge in [0.05, 0.1) is 0 Å². The van der Waals surface area contributed by atoms with Crippen LogP contribution in [0.5, 0.6) is 5.75 Å². The van der Waals surface area contributed by atoms with Gasteiger partial charge in [-0.2, -0.15) is 0 Å². The van der Waals surface area contributed by atoms with Gasteiger partial charge in [-0.05, 0) is 37.1 Å². The van der Waals surface area contributed by atoms with Crippen LogP contribution in [0.2, 0.25) is 0 Å². The summed E-state index contributed by atoms with van der Waals surface area (Å²) in [5.41, 5.74) is 5.25. The second-order valence-corrected chi connectivity index (χ2v) is 4.83. The Bertz CT molecular complexity index is 450. The first kappa shape index (κ1) is 13.4. The van der Waals surface area contributed by atoms with Crippen LogP contribution in [0.4, 0.5) is 0 Å². The third-order valence-electron chi connectivity index (χ3n) is 3.40. The average molecular weight is 262 g/mol. The molecule has 19 heavy (non-hydrogen) atoms. The first-order valence-electron chi connectivity index (χ1n) is 6.56. The summed E-state index contributed by atoms with van der Waals surface area (Å²) in [6.45, 7) is 0. The third-order valence-corrected chi connectivity index (χ3v) is 3.40. The zero-order valence-corrected chi connectivity index (χ0v) is 10.7. The minimum absolute atomic E-state index is 0.00821. The van der Waals surface area contributed by atoms with Gasteiger partial charge >= 0.3 is 0 Å². The predicted octanol–water partition coefficient (Wildman–Crippen LogP) is 1.73. The molecule has 0 unspecified atom stereocenters. The Morgan fingerprint density at radius 3 is 2.26 bits per heavy atom. The van der Waals surface area contributed by atoms with Gasteiger partial charge in [0.15, 0.2) is 0 Å². The molecule has 0 aromatic heterocycles. The van der Waals surface area contributed by atoms with Crippen molar-refractivity contribution in [2.75, 3.05) is 0 Å². The lowest BCUT2D eigenvalue weighted by molar-refractivity contribution is -0.126. The molecule has 0 saturated heterocycles. The monoisotopic (exact) mass is 262 g/mol. The largest absolute Gasteiger partial charge is 0.508 e. The molecule has 5 nitrogen and oxygen atoms in total. The number of phenols is 1. The average Bonchev–Trinajstić information content (AvgIpc) is 2.46. The summed E-state index contributed by atoms with van der Waals surface area (Å²) in [6, 6.07) is 5.85. The van der Waals surface area contributed by atoms with Crippen LogP contribution >= 0.6 is 0 Å². The third kappa shape index (κ3) is 3.71. The van der Waals surface area contributed by atoms with E-state index in [0.717, 1.165) is 25.7 Å². The molecule has 0 spiro atoms. The maximum Gasteiger partial charge on any atom is 0.269 e. The van der Waals surface area contributed by atoms with E-state index in [0.29, 0.717) is 5.56 Å². The number of hydrogen-bond donors (Lipinski definition) is 3. The number of amides is 2. The second-order valence-electron chi connectivity index (χ2n) is 4.83. The Kier molecular flexibility index (Phi) is 4.39. The summed E-state index contributed by atoms with van der Waals surface area (Å²) >= 11 is 0. The number of rotatable bonds is 2. The fourth-order valence-corrected chi connectivity index (χ4v) is 2.27. The van der Waals surface area contributed by atoms with E-state index in [9.17, 15) is 9.59 Å². The van der Waals surface area contributed by atoms with Crippen LogP contribution in [0, 0.1) is 5.92 Å². The molecule has 5 heteroatoms. The van der Waals surface area contributed by atoms with E-state index in [1.807, 2.05) is 0 Å². The Hall–Kier alpha value is -2.04. The van der Waals surface area contributed by atoms with E-state index in [1.54, 1.807) is 0 Å². The maximum absolute atomic E-state index is 11.8. The number of carbonyl (C=O) groups is 2. The van der Waals surface area contributed by atoms with Crippen LogP contribution in [-0.4, -0.2) is 16.9 Å². The molecule has 0 heterocycles. The molecule has 0 bridgehead atoms. The molecule has 1 aromatic carbocycles. The van der Waals surface area contributed by atoms with Crippen molar-refractivity contribution in [3.05, 3.63) is 29.8 Å². The SMILES string of the molecule is O=C(NNC(=O)C1CCCCC1)c1ccc(O)cc1. The highest BCUT2D eigenvalue weighted by molar-refractivity contribution is 5.95. The summed E-state index contributed by atoms with van der Waals surface area (Å²) in [4.78, 5) is 23.6. The van der Waals surface area contributed by atoms with Gasteiger partial charge < -0.3 is 5.11 Å². The molecule has 0 radical (unpaired) electrons. The van der Waals surface area contributed by atoms with E-state index in [-0.39, 0.29) is 23.5 Å². The number of hydrazine groups is 1. The number of hydrogen-bond acceptors (Lipinski definition) is 3. The molecule has 3 N–H and O–H groups in total. The number of nitrogens with one attached hydrogen (secondary N) is 2. The van der Waals surface area contributed by atoms with Crippen LogP contribution in [0.15, 0.2) is 24.3 Å². The van der Waals surface area contributed by atoms with Crippen molar-refractivity contribution in [3.8, 4) is 5.75 Å². The van der Waals surface area contributed by atoms with Crippen molar-refractivity contribution >= 4 is 11.8 Å². The second kappa shape index (κ2) is 6.22. The Labute approximate surface area is 112 Å². The molecular formula is C14H18N2O3. The Morgan fingerprint density at radius 2 is 1.63 bits per heavy atom. The molecule has 2 amide bonds. The van der Waals surface area contributed by atoms with E-state index in [2.05, 4.69) is 10.9 Å². The molecular weight excluding hydrogens is 244 g/mol. The van der Waals surface area contributed by atoms with Gasteiger partial charge in [-0.1, -0.05) is 19.3 Å². The highest BCUT2D eigenvalue weighted by Gasteiger charge is 2.21. The quantitative estimate of drug-likeness (QED) is 0.710. The molecule has 1 fully saturated rings. The van der Waals surface area contributed by atoms with Gasteiger partial charge in [-0.25, -0.2) is 0 Å². The first-order valence-corrected chi connectivity index (χ1v) is 6.56. The normalized spacial score (nSPS) is 15.8. The Morgan fingerprint density at radius 1 is 1.00 bits per heavy atom. The number of carbonyl (C=O) groups excluding carboxylic acids is 2.